The maximum absolute atomic E-state index is 12.4. The minimum absolute atomic E-state index is 0.0421. The van der Waals surface area contributed by atoms with Gasteiger partial charge in [0, 0.05) is 24.2 Å². The van der Waals surface area contributed by atoms with Crippen LogP contribution in [0.2, 0.25) is 0 Å². The first-order valence-corrected chi connectivity index (χ1v) is 7.67. The Hall–Kier alpha value is -1.94. The second kappa shape index (κ2) is 5.11. The lowest BCUT2D eigenvalue weighted by molar-refractivity contribution is 0.0618. The van der Waals surface area contributed by atoms with Crippen LogP contribution >= 0.6 is 0 Å². The number of hydrogen-bond donors (Lipinski definition) is 1. The molecule has 3 aliphatic rings. The highest BCUT2D eigenvalue weighted by molar-refractivity contribution is 5.96. The molecule has 0 radical (unpaired) electrons. The number of fused-ring (bicyclic) bond motifs is 4. The maximum Gasteiger partial charge on any atom is 0.270 e. The molecule has 0 unspecified atom stereocenters. The molecule has 3 saturated heterocycles. The SMILES string of the molecule is O=C(N[C@H]1CN2CCC1CC2)c1cc2ccccc2cn1. The summed E-state index contributed by atoms with van der Waals surface area (Å²) < 4.78 is 0. The van der Waals surface area contributed by atoms with Gasteiger partial charge in [-0.15, -0.1) is 0 Å². The van der Waals surface area contributed by atoms with E-state index in [0.717, 1.165) is 17.3 Å². The highest BCUT2D eigenvalue weighted by Crippen LogP contribution is 2.27. The lowest BCUT2D eigenvalue weighted by atomic mass is 9.84. The average Bonchev–Trinajstić information content (AvgIpc) is 2.55. The van der Waals surface area contributed by atoms with Gasteiger partial charge in [0.1, 0.15) is 5.69 Å². The first-order chi connectivity index (χ1) is 10.3. The normalized spacial score (nSPS) is 27.7. The molecule has 4 nitrogen and oxygen atoms in total. The fourth-order valence-electron chi connectivity index (χ4n) is 3.58. The number of rotatable bonds is 2. The molecule has 1 aromatic heterocycles. The van der Waals surface area contributed by atoms with Crippen molar-refractivity contribution in [1.82, 2.24) is 15.2 Å². The highest BCUT2D eigenvalue weighted by Gasteiger charge is 2.35. The summed E-state index contributed by atoms with van der Waals surface area (Å²) in [5, 5.41) is 5.32. The number of nitrogens with one attached hydrogen (secondary N) is 1. The van der Waals surface area contributed by atoms with Crippen LogP contribution in [0.5, 0.6) is 0 Å². The molecule has 108 valence electrons. The Balaban J connectivity index is 1.53. The number of aromatic nitrogens is 1. The molecule has 2 bridgehead atoms. The number of amides is 1. The fourth-order valence-corrected chi connectivity index (χ4v) is 3.58. The number of piperidine rings is 3. The van der Waals surface area contributed by atoms with Crippen molar-refractivity contribution in [2.45, 2.75) is 18.9 Å². The van der Waals surface area contributed by atoms with Crippen LogP contribution in [-0.4, -0.2) is 41.5 Å². The van der Waals surface area contributed by atoms with E-state index >= 15 is 0 Å². The van der Waals surface area contributed by atoms with Crippen LogP contribution in [0, 0.1) is 5.92 Å². The van der Waals surface area contributed by atoms with E-state index in [4.69, 9.17) is 0 Å². The van der Waals surface area contributed by atoms with Gasteiger partial charge in [-0.05, 0) is 43.3 Å². The third-order valence-corrected chi connectivity index (χ3v) is 4.84. The maximum atomic E-state index is 12.4. The minimum atomic E-state index is -0.0421. The molecular weight excluding hydrogens is 262 g/mol. The number of carbonyl (C=O) groups excluding carboxylic acids is 1. The van der Waals surface area contributed by atoms with Gasteiger partial charge in [0.2, 0.25) is 0 Å². The van der Waals surface area contributed by atoms with Crippen molar-refractivity contribution in [3.63, 3.8) is 0 Å². The Morgan fingerprint density at radius 3 is 2.67 bits per heavy atom. The third-order valence-electron chi connectivity index (χ3n) is 4.84. The molecule has 4 heterocycles. The summed E-state index contributed by atoms with van der Waals surface area (Å²) in [5.41, 5.74) is 0.519. The van der Waals surface area contributed by atoms with E-state index < -0.39 is 0 Å². The number of nitrogens with zero attached hydrogens (tertiary/aromatic N) is 2. The van der Waals surface area contributed by atoms with Crippen LogP contribution in [0.4, 0.5) is 0 Å². The standard InChI is InChI=1S/C17H19N3O/c21-17(19-16-11-20-7-5-12(16)6-8-20)15-9-13-3-1-2-4-14(13)10-18-15/h1-4,9-10,12,16H,5-8,11H2,(H,19,21)/t16-/m0/s1. The Bertz CT molecular complexity index is 677. The molecule has 1 amide bonds. The van der Waals surface area contributed by atoms with Crippen LogP contribution in [0.15, 0.2) is 36.5 Å². The van der Waals surface area contributed by atoms with Gasteiger partial charge in [0.15, 0.2) is 0 Å². The first-order valence-electron chi connectivity index (χ1n) is 7.67. The summed E-state index contributed by atoms with van der Waals surface area (Å²) in [6, 6.07) is 10.2. The summed E-state index contributed by atoms with van der Waals surface area (Å²) in [6.45, 7) is 3.36. The van der Waals surface area contributed by atoms with Gasteiger partial charge < -0.3 is 10.2 Å². The van der Waals surface area contributed by atoms with E-state index in [9.17, 15) is 4.79 Å². The van der Waals surface area contributed by atoms with Crippen molar-refractivity contribution in [2.24, 2.45) is 5.92 Å². The van der Waals surface area contributed by atoms with E-state index in [-0.39, 0.29) is 11.9 Å². The Morgan fingerprint density at radius 1 is 1.19 bits per heavy atom. The number of carbonyl (C=O) groups is 1. The Labute approximate surface area is 124 Å². The van der Waals surface area contributed by atoms with Crippen LogP contribution in [0.1, 0.15) is 23.3 Å². The van der Waals surface area contributed by atoms with E-state index in [1.165, 1.54) is 25.9 Å². The Kier molecular flexibility index (Phi) is 3.11. The molecule has 0 spiro atoms. The third kappa shape index (κ3) is 2.40. The van der Waals surface area contributed by atoms with Crippen molar-refractivity contribution >= 4 is 16.7 Å². The summed E-state index contributed by atoms with van der Waals surface area (Å²) in [7, 11) is 0. The molecule has 3 fully saturated rings. The summed E-state index contributed by atoms with van der Waals surface area (Å²) in [6.07, 6.45) is 4.19. The second-order valence-corrected chi connectivity index (χ2v) is 6.13. The van der Waals surface area contributed by atoms with E-state index in [0.29, 0.717) is 11.6 Å². The van der Waals surface area contributed by atoms with E-state index in [1.54, 1.807) is 6.20 Å². The quantitative estimate of drug-likeness (QED) is 0.916. The number of benzene rings is 1. The topological polar surface area (TPSA) is 45.2 Å². The van der Waals surface area contributed by atoms with Crippen LogP contribution in [-0.2, 0) is 0 Å². The van der Waals surface area contributed by atoms with Gasteiger partial charge in [0.25, 0.3) is 5.91 Å². The summed E-state index contributed by atoms with van der Waals surface area (Å²) >= 11 is 0. The lowest BCUT2D eigenvalue weighted by Crippen LogP contribution is -2.57. The van der Waals surface area contributed by atoms with Crippen LogP contribution in [0.25, 0.3) is 10.8 Å². The van der Waals surface area contributed by atoms with Gasteiger partial charge in [-0.3, -0.25) is 9.78 Å². The van der Waals surface area contributed by atoms with Crippen molar-refractivity contribution in [2.75, 3.05) is 19.6 Å². The van der Waals surface area contributed by atoms with Gasteiger partial charge in [-0.2, -0.15) is 0 Å². The molecule has 1 atom stereocenters. The van der Waals surface area contributed by atoms with Crippen LogP contribution < -0.4 is 5.32 Å². The largest absolute Gasteiger partial charge is 0.346 e. The van der Waals surface area contributed by atoms with Gasteiger partial charge >= 0.3 is 0 Å². The van der Waals surface area contributed by atoms with Gasteiger partial charge in [0.05, 0.1) is 0 Å². The fraction of sp³-hybridized carbons (Fsp3) is 0.412. The number of pyridine rings is 1. The molecule has 1 N–H and O–H groups in total. The van der Waals surface area contributed by atoms with E-state index in [2.05, 4.69) is 15.2 Å². The predicted molar refractivity (Wildman–Crippen MR) is 82.2 cm³/mol. The zero-order valence-electron chi connectivity index (χ0n) is 12.0. The van der Waals surface area contributed by atoms with E-state index in [1.807, 2.05) is 30.3 Å². The average molecular weight is 281 g/mol. The molecule has 1 aromatic carbocycles. The zero-order chi connectivity index (χ0) is 14.2. The monoisotopic (exact) mass is 281 g/mol. The molecule has 4 heteroatoms. The van der Waals surface area contributed by atoms with Crippen molar-refractivity contribution in [1.29, 1.82) is 0 Å². The molecule has 0 saturated carbocycles. The van der Waals surface area contributed by atoms with Gasteiger partial charge in [-0.1, -0.05) is 24.3 Å². The molecular formula is C17H19N3O. The molecule has 5 rings (SSSR count). The number of hydrogen-bond acceptors (Lipinski definition) is 3. The predicted octanol–water partition coefficient (Wildman–Crippen LogP) is 2.06. The van der Waals surface area contributed by atoms with Gasteiger partial charge in [-0.25, -0.2) is 0 Å². The van der Waals surface area contributed by atoms with Crippen molar-refractivity contribution in [3.8, 4) is 0 Å². The molecule has 2 aromatic rings. The first kappa shape index (κ1) is 12.8. The van der Waals surface area contributed by atoms with Crippen molar-refractivity contribution < 1.29 is 4.79 Å². The summed E-state index contributed by atoms with van der Waals surface area (Å²) in [4.78, 5) is 19.2. The minimum Gasteiger partial charge on any atom is -0.346 e. The molecule has 3 aliphatic heterocycles. The highest BCUT2D eigenvalue weighted by atomic mass is 16.1. The van der Waals surface area contributed by atoms with Crippen molar-refractivity contribution in [3.05, 3.63) is 42.2 Å². The molecule has 21 heavy (non-hydrogen) atoms. The zero-order valence-corrected chi connectivity index (χ0v) is 12.0. The second-order valence-electron chi connectivity index (χ2n) is 6.13. The summed E-state index contributed by atoms with van der Waals surface area (Å²) in [5.74, 6) is 0.596. The van der Waals surface area contributed by atoms with Crippen LogP contribution in [0.3, 0.4) is 0 Å². The Morgan fingerprint density at radius 2 is 1.95 bits per heavy atom. The molecule has 0 aliphatic carbocycles. The lowest BCUT2D eigenvalue weighted by Gasteiger charge is -2.44. The smallest absolute Gasteiger partial charge is 0.270 e.